The highest BCUT2D eigenvalue weighted by Crippen LogP contribution is 2.48. The van der Waals surface area contributed by atoms with E-state index in [0.717, 1.165) is 22.4 Å². The van der Waals surface area contributed by atoms with Gasteiger partial charge in [0.15, 0.2) is 0 Å². The third-order valence-corrected chi connectivity index (χ3v) is 6.09. The first-order valence-electron chi connectivity index (χ1n) is 9.26. The van der Waals surface area contributed by atoms with Crippen molar-refractivity contribution in [3.63, 3.8) is 0 Å². The van der Waals surface area contributed by atoms with Gasteiger partial charge in [0, 0.05) is 0 Å². The van der Waals surface area contributed by atoms with E-state index < -0.39 is 4.75 Å². The maximum Gasteiger partial charge on any atom is 0.315 e. The summed E-state index contributed by atoms with van der Waals surface area (Å²) in [5, 5.41) is 0. The lowest BCUT2D eigenvalue weighted by atomic mass is 9.84. The summed E-state index contributed by atoms with van der Waals surface area (Å²) in [6.07, 6.45) is 0. The van der Waals surface area contributed by atoms with Crippen LogP contribution in [0.25, 0.3) is 0 Å². The van der Waals surface area contributed by atoms with Gasteiger partial charge in [-0.3, -0.25) is 4.79 Å². The Bertz CT molecular complexity index is 837. The summed E-state index contributed by atoms with van der Waals surface area (Å²) >= 11 is 1.57. The third-order valence-electron chi connectivity index (χ3n) is 4.57. The second-order valence-electron chi connectivity index (χ2n) is 6.24. The van der Waals surface area contributed by atoms with Gasteiger partial charge in [-0.1, -0.05) is 72.8 Å². The Balaban J connectivity index is 2.17. The molecule has 0 aliphatic carbocycles. The second kappa shape index (κ2) is 9.47. The van der Waals surface area contributed by atoms with Crippen LogP contribution in [-0.4, -0.2) is 25.4 Å². The molecule has 0 unspecified atom stereocenters. The Morgan fingerprint density at radius 3 is 1.79 bits per heavy atom. The molecule has 0 fully saturated rings. The zero-order chi connectivity index (χ0) is 19.8. The van der Waals surface area contributed by atoms with E-state index in [4.69, 9.17) is 9.47 Å². The number of hydrogen-bond acceptors (Lipinski definition) is 4. The molecule has 0 spiro atoms. The molecular formula is C24H24O3S. The standard InChI is InChI=1S/C24H24O3S/c1-3-27-23(25)18-28-24(19-10-6-4-7-11-19,20-12-8-5-9-13-20)21-14-16-22(26-2)17-15-21/h4-17H,3,18H2,1-2H3. The van der Waals surface area contributed by atoms with Crippen molar-refractivity contribution in [2.75, 3.05) is 19.5 Å². The van der Waals surface area contributed by atoms with Crippen molar-refractivity contribution in [2.45, 2.75) is 11.7 Å². The van der Waals surface area contributed by atoms with E-state index in [0.29, 0.717) is 6.61 Å². The highest BCUT2D eigenvalue weighted by Gasteiger charge is 2.37. The first-order valence-corrected chi connectivity index (χ1v) is 10.2. The van der Waals surface area contributed by atoms with Gasteiger partial charge in [-0.05, 0) is 35.7 Å². The van der Waals surface area contributed by atoms with Crippen molar-refractivity contribution in [3.8, 4) is 5.75 Å². The quantitative estimate of drug-likeness (QED) is 0.386. The molecule has 0 bridgehead atoms. The van der Waals surface area contributed by atoms with E-state index in [1.54, 1.807) is 18.9 Å². The number of carbonyl (C=O) groups excluding carboxylic acids is 1. The van der Waals surface area contributed by atoms with E-state index in [-0.39, 0.29) is 11.7 Å². The van der Waals surface area contributed by atoms with Crippen molar-refractivity contribution in [2.24, 2.45) is 0 Å². The lowest BCUT2D eigenvalue weighted by molar-refractivity contribution is -0.139. The number of carbonyl (C=O) groups is 1. The molecule has 0 heterocycles. The third kappa shape index (κ3) is 4.23. The van der Waals surface area contributed by atoms with Gasteiger partial charge < -0.3 is 9.47 Å². The molecule has 144 valence electrons. The molecule has 4 heteroatoms. The summed E-state index contributed by atoms with van der Waals surface area (Å²) < 4.78 is 10.0. The molecule has 0 aliphatic heterocycles. The fraction of sp³-hybridized carbons (Fsp3) is 0.208. The molecule has 0 saturated carbocycles. The van der Waals surface area contributed by atoms with Crippen LogP contribution in [0, 0.1) is 0 Å². The van der Waals surface area contributed by atoms with Crippen LogP contribution in [0.15, 0.2) is 84.9 Å². The zero-order valence-electron chi connectivity index (χ0n) is 16.1. The lowest BCUT2D eigenvalue weighted by Gasteiger charge is -2.35. The summed E-state index contributed by atoms with van der Waals surface area (Å²) in [5.41, 5.74) is 3.31. The Hall–Kier alpha value is -2.72. The van der Waals surface area contributed by atoms with Gasteiger partial charge in [-0.25, -0.2) is 0 Å². The Morgan fingerprint density at radius 2 is 1.32 bits per heavy atom. The average molecular weight is 393 g/mol. The monoisotopic (exact) mass is 392 g/mol. The molecule has 0 aliphatic rings. The number of hydrogen-bond donors (Lipinski definition) is 0. The molecule has 0 radical (unpaired) electrons. The van der Waals surface area contributed by atoms with Gasteiger partial charge >= 0.3 is 5.97 Å². The minimum absolute atomic E-state index is 0.211. The van der Waals surface area contributed by atoms with E-state index >= 15 is 0 Å². The summed E-state index contributed by atoms with van der Waals surface area (Å²) in [4.78, 5) is 12.2. The molecular weight excluding hydrogens is 368 g/mol. The van der Waals surface area contributed by atoms with Crippen molar-refractivity contribution < 1.29 is 14.3 Å². The maximum atomic E-state index is 12.2. The first kappa shape index (κ1) is 20.0. The lowest BCUT2D eigenvalue weighted by Crippen LogP contribution is -2.27. The molecule has 3 rings (SSSR count). The van der Waals surface area contributed by atoms with Gasteiger partial charge in [0.05, 0.1) is 24.2 Å². The minimum Gasteiger partial charge on any atom is -0.497 e. The normalized spacial score (nSPS) is 11.1. The van der Waals surface area contributed by atoms with Crippen molar-refractivity contribution >= 4 is 17.7 Å². The van der Waals surface area contributed by atoms with Crippen LogP contribution >= 0.6 is 11.8 Å². The predicted molar refractivity (Wildman–Crippen MR) is 115 cm³/mol. The number of rotatable bonds is 8. The van der Waals surface area contributed by atoms with E-state index in [1.807, 2.05) is 55.5 Å². The number of esters is 1. The minimum atomic E-state index is -0.540. The highest BCUT2D eigenvalue weighted by atomic mass is 32.2. The van der Waals surface area contributed by atoms with Crippen LogP contribution < -0.4 is 4.74 Å². The Kier molecular flexibility index (Phi) is 6.77. The van der Waals surface area contributed by atoms with Crippen LogP contribution in [0.4, 0.5) is 0 Å². The topological polar surface area (TPSA) is 35.5 Å². The van der Waals surface area contributed by atoms with Crippen molar-refractivity contribution in [3.05, 3.63) is 102 Å². The second-order valence-corrected chi connectivity index (χ2v) is 7.43. The van der Waals surface area contributed by atoms with E-state index in [2.05, 4.69) is 36.4 Å². The number of thioether (sulfide) groups is 1. The molecule has 0 atom stereocenters. The van der Waals surface area contributed by atoms with Crippen LogP contribution in [0.5, 0.6) is 5.75 Å². The molecule has 0 N–H and O–H groups in total. The van der Waals surface area contributed by atoms with Crippen molar-refractivity contribution in [1.82, 2.24) is 0 Å². The fourth-order valence-electron chi connectivity index (χ4n) is 3.29. The SMILES string of the molecule is CCOC(=O)CSC(c1ccccc1)(c1ccccc1)c1ccc(OC)cc1. The maximum absolute atomic E-state index is 12.2. The summed E-state index contributed by atoms with van der Waals surface area (Å²) in [6.45, 7) is 2.21. The molecule has 0 saturated heterocycles. The molecule has 0 amide bonds. The summed E-state index contributed by atoms with van der Waals surface area (Å²) in [7, 11) is 1.66. The van der Waals surface area contributed by atoms with Crippen LogP contribution in [0.3, 0.4) is 0 Å². The smallest absolute Gasteiger partial charge is 0.315 e. The largest absolute Gasteiger partial charge is 0.497 e. The van der Waals surface area contributed by atoms with Crippen LogP contribution in [0.1, 0.15) is 23.6 Å². The van der Waals surface area contributed by atoms with Crippen LogP contribution in [-0.2, 0) is 14.3 Å². The molecule has 3 aromatic carbocycles. The van der Waals surface area contributed by atoms with Gasteiger partial charge in [0.1, 0.15) is 5.75 Å². The van der Waals surface area contributed by atoms with E-state index in [1.165, 1.54) is 0 Å². The Labute approximate surface area is 170 Å². The van der Waals surface area contributed by atoms with Crippen molar-refractivity contribution in [1.29, 1.82) is 0 Å². The van der Waals surface area contributed by atoms with Gasteiger partial charge in [-0.15, -0.1) is 11.8 Å². The number of methoxy groups -OCH3 is 1. The summed E-state index contributed by atoms with van der Waals surface area (Å²) in [5.74, 6) is 0.843. The highest BCUT2D eigenvalue weighted by molar-refractivity contribution is 8.01. The fourth-order valence-corrected chi connectivity index (χ4v) is 4.62. The Morgan fingerprint density at radius 1 is 0.821 bits per heavy atom. The first-order chi connectivity index (χ1) is 13.7. The van der Waals surface area contributed by atoms with Gasteiger partial charge in [0.2, 0.25) is 0 Å². The van der Waals surface area contributed by atoms with Crippen LogP contribution in [0.2, 0.25) is 0 Å². The predicted octanol–water partition coefficient (Wildman–Crippen LogP) is 5.28. The number of benzene rings is 3. The zero-order valence-corrected chi connectivity index (χ0v) is 16.9. The average Bonchev–Trinajstić information content (AvgIpc) is 2.76. The molecule has 28 heavy (non-hydrogen) atoms. The summed E-state index contributed by atoms with van der Waals surface area (Å²) in [6, 6.07) is 28.6. The molecule has 3 aromatic rings. The van der Waals surface area contributed by atoms with E-state index in [9.17, 15) is 4.79 Å². The molecule has 0 aromatic heterocycles. The van der Waals surface area contributed by atoms with Gasteiger partial charge in [-0.2, -0.15) is 0 Å². The molecule has 3 nitrogen and oxygen atoms in total. The number of ether oxygens (including phenoxy) is 2. The van der Waals surface area contributed by atoms with Gasteiger partial charge in [0.25, 0.3) is 0 Å².